The standard InChI is InChI=1S/C20H18F3N3O3S/c1-26(11-17(27)24-13-7-3-2-6-12(13)20(21,22)23)18(28)10-16-19(29)25-14-8-4-5-9-15(14)30-16/h2-9,16H,10-11H2,1H3,(H,24,27)(H,25,29). The second-order valence-electron chi connectivity index (χ2n) is 6.64. The number of likely N-dealkylation sites (N-methyl/N-ethyl adjacent to an activating group) is 1. The summed E-state index contributed by atoms with van der Waals surface area (Å²) in [6.45, 7) is -0.444. The van der Waals surface area contributed by atoms with Crippen molar-refractivity contribution in [3.05, 3.63) is 54.1 Å². The minimum Gasteiger partial charge on any atom is -0.336 e. The number of hydrogen-bond donors (Lipinski definition) is 2. The van der Waals surface area contributed by atoms with Crippen molar-refractivity contribution in [1.29, 1.82) is 0 Å². The van der Waals surface area contributed by atoms with Crippen molar-refractivity contribution in [3.63, 3.8) is 0 Å². The van der Waals surface area contributed by atoms with E-state index in [0.717, 1.165) is 21.9 Å². The summed E-state index contributed by atoms with van der Waals surface area (Å²) < 4.78 is 39.1. The van der Waals surface area contributed by atoms with Crippen molar-refractivity contribution in [2.45, 2.75) is 22.7 Å². The number of anilines is 2. The molecule has 0 aliphatic carbocycles. The second kappa shape index (κ2) is 8.78. The maximum Gasteiger partial charge on any atom is 0.418 e. The van der Waals surface area contributed by atoms with E-state index in [-0.39, 0.29) is 18.0 Å². The lowest BCUT2D eigenvalue weighted by atomic mass is 10.1. The van der Waals surface area contributed by atoms with Gasteiger partial charge in [0.25, 0.3) is 0 Å². The van der Waals surface area contributed by atoms with Crippen LogP contribution in [0.25, 0.3) is 0 Å². The molecule has 10 heteroatoms. The highest BCUT2D eigenvalue weighted by Crippen LogP contribution is 2.37. The van der Waals surface area contributed by atoms with Crippen molar-refractivity contribution in [1.82, 2.24) is 4.90 Å². The highest BCUT2D eigenvalue weighted by molar-refractivity contribution is 8.01. The zero-order valence-corrected chi connectivity index (χ0v) is 16.6. The maximum absolute atomic E-state index is 13.0. The van der Waals surface area contributed by atoms with Gasteiger partial charge in [-0.25, -0.2) is 0 Å². The molecular formula is C20H18F3N3O3S. The number of thioether (sulfide) groups is 1. The van der Waals surface area contributed by atoms with E-state index in [4.69, 9.17) is 0 Å². The van der Waals surface area contributed by atoms with Crippen molar-refractivity contribution in [2.24, 2.45) is 0 Å². The molecule has 0 fully saturated rings. The summed E-state index contributed by atoms with van der Waals surface area (Å²) in [4.78, 5) is 38.8. The number of nitrogens with zero attached hydrogens (tertiary/aromatic N) is 1. The Morgan fingerprint density at radius 3 is 2.53 bits per heavy atom. The van der Waals surface area contributed by atoms with Crippen LogP contribution in [-0.4, -0.2) is 41.5 Å². The molecule has 6 nitrogen and oxygen atoms in total. The first-order valence-corrected chi connectivity index (χ1v) is 9.79. The Morgan fingerprint density at radius 1 is 1.13 bits per heavy atom. The van der Waals surface area contributed by atoms with Gasteiger partial charge < -0.3 is 15.5 Å². The van der Waals surface area contributed by atoms with Crippen LogP contribution in [0.2, 0.25) is 0 Å². The number of rotatable bonds is 5. The van der Waals surface area contributed by atoms with E-state index in [1.807, 2.05) is 12.1 Å². The molecule has 30 heavy (non-hydrogen) atoms. The Kier molecular flexibility index (Phi) is 6.35. The van der Waals surface area contributed by atoms with Crippen LogP contribution in [0.3, 0.4) is 0 Å². The molecule has 0 saturated carbocycles. The average Bonchev–Trinajstić information content (AvgIpc) is 2.68. The summed E-state index contributed by atoms with van der Waals surface area (Å²) in [5.74, 6) is -1.56. The number of carbonyl (C=O) groups excluding carboxylic acids is 3. The number of fused-ring (bicyclic) bond motifs is 1. The number of para-hydroxylation sites is 2. The van der Waals surface area contributed by atoms with Gasteiger partial charge in [0.15, 0.2) is 0 Å². The first-order valence-electron chi connectivity index (χ1n) is 8.91. The number of alkyl halides is 3. The van der Waals surface area contributed by atoms with E-state index < -0.39 is 35.3 Å². The summed E-state index contributed by atoms with van der Waals surface area (Å²) >= 11 is 1.25. The van der Waals surface area contributed by atoms with Crippen LogP contribution in [0.15, 0.2) is 53.4 Å². The first kappa shape index (κ1) is 21.7. The molecule has 158 valence electrons. The van der Waals surface area contributed by atoms with Crippen molar-refractivity contribution >= 4 is 40.9 Å². The molecule has 0 spiro atoms. The molecule has 2 aromatic rings. The molecule has 1 unspecified atom stereocenters. The van der Waals surface area contributed by atoms with Crippen LogP contribution in [0.1, 0.15) is 12.0 Å². The normalized spacial score (nSPS) is 15.7. The molecule has 1 aliphatic rings. The Balaban J connectivity index is 1.59. The van der Waals surface area contributed by atoms with Crippen LogP contribution < -0.4 is 10.6 Å². The lowest BCUT2D eigenvalue weighted by Crippen LogP contribution is -2.39. The zero-order valence-electron chi connectivity index (χ0n) is 15.8. The topological polar surface area (TPSA) is 78.5 Å². The zero-order chi connectivity index (χ0) is 21.9. The third kappa shape index (κ3) is 5.12. The van der Waals surface area contributed by atoms with Gasteiger partial charge in [-0.1, -0.05) is 24.3 Å². The van der Waals surface area contributed by atoms with E-state index in [0.29, 0.717) is 5.69 Å². The van der Waals surface area contributed by atoms with Gasteiger partial charge in [0.1, 0.15) is 0 Å². The van der Waals surface area contributed by atoms with Crippen LogP contribution in [-0.2, 0) is 20.6 Å². The number of halogens is 3. The summed E-state index contributed by atoms with van der Waals surface area (Å²) in [6.07, 6.45) is -4.76. The second-order valence-corrected chi connectivity index (χ2v) is 7.88. The van der Waals surface area contributed by atoms with E-state index in [9.17, 15) is 27.6 Å². The molecule has 0 radical (unpaired) electrons. The largest absolute Gasteiger partial charge is 0.418 e. The number of nitrogens with one attached hydrogen (secondary N) is 2. The first-order chi connectivity index (χ1) is 14.1. The summed E-state index contributed by atoms with van der Waals surface area (Å²) in [5, 5.41) is 4.26. The van der Waals surface area contributed by atoms with Gasteiger partial charge in [-0.2, -0.15) is 13.2 Å². The van der Waals surface area contributed by atoms with Gasteiger partial charge in [0.05, 0.1) is 28.7 Å². The average molecular weight is 437 g/mol. The van der Waals surface area contributed by atoms with Gasteiger partial charge >= 0.3 is 6.18 Å². The van der Waals surface area contributed by atoms with Gasteiger partial charge in [-0.05, 0) is 24.3 Å². The van der Waals surface area contributed by atoms with E-state index >= 15 is 0 Å². The van der Waals surface area contributed by atoms with Gasteiger partial charge in [0.2, 0.25) is 17.7 Å². The molecular weight excluding hydrogens is 419 g/mol. The quantitative estimate of drug-likeness (QED) is 0.749. The molecule has 3 amide bonds. The lowest BCUT2D eigenvalue weighted by Gasteiger charge is -2.25. The smallest absolute Gasteiger partial charge is 0.336 e. The summed E-state index contributed by atoms with van der Waals surface area (Å²) in [7, 11) is 1.36. The fourth-order valence-corrected chi connectivity index (χ4v) is 3.98. The Bertz CT molecular complexity index is 981. The molecule has 2 aromatic carbocycles. The molecule has 2 N–H and O–H groups in total. The number of hydrogen-bond acceptors (Lipinski definition) is 4. The summed E-state index contributed by atoms with van der Waals surface area (Å²) in [5.41, 5.74) is -0.678. The van der Waals surface area contributed by atoms with Gasteiger partial charge in [-0.3, -0.25) is 14.4 Å². The van der Waals surface area contributed by atoms with Crippen LogP contribution in [0.4, 0.5) is 24.5 Å². The number of benzene rings is 2. The number of amides is 3. The molecule has 0 bridgehead atoms. The SMILES string of the molecule is CN(CC(=O)Nc1ccccc1C(F)(F)F)C(=O)CC1Sc2ccccc2NC1=O. The minimum atomic E-state index is -4.62. The molecule has 0 saturated heterocycles. The van der Waals surface area contributed by atoms with Crippen molar-refractivity contribution in [2.75, 3.05) is 24.2 Å². The van der Waals surface area contributed by atoms with E-state index in [1.165, 1.54) is 30.9 Å². The molecule has 1 heterocycles. The lowest BCUT2D eigenvalue weighted by molar-refractivity contribution is -0.137. The minimum absolute atomic E-state index is 0.145. The fourth-order valence-electron chi connectivity index (χ4n) is 2.87. The third-order valence-electron chi connectivity index (χ3n) is 4.38. The Hall–Kier alpha value is -3.01. The summed E-state index contributed by atoms with van der Waals surface area (Å²) in [6, 6.07) is 11.8. The Morgan fingerprint density at radius 2 is 1.80 bits per heavy atom. The van der Waals surface area contributed by atoms with Gasteiger partial charge in [-0.15, -0.1) is 11.8 Å². The van der Waals surface area contributed by atoms with Gasteiger partial charge in [0, 0.05) is 18.4 Å². The highest BCUT2D eigenvalue weighted by Gasteiger charge is 2.34. The number of carbonyl (C=O) groups is 3. The fraction of sp³-hybridized carbons (Fsp3) is 0.250. The predicted octanol–water partition coefficient (Wildman–Crippen LogP) is 3.61. The van der Waals surface area contributed by atoms with E-state index in [1.54, 1.807) is 12.1 Å². The molecule has 3 rings (SSSR count). The van der Waals surface area contributed by atoms with Crippen molar-refractivity contribution in [3.8, 4) is 0 Å². The molecule has 1 aliphatic heterocycles. The highest BCUT2D eigenvalue weighted by atomic mass is 32.2. The van der Waals surface area contributed by atoms with Crippen LogP contribution in [0.5, 0.6) is 0 Å². The maximum atomic E-state index is 13.0. The van der Waals surface area contributed by atoms with Crippen molar-refractivity contribution < 1.29 is 27.6 Å². The monoisotopic (exact) mass is 437 g/mol. The molecule has 0 aromatic heterocycles. The third-order valence-corrected chi connectivity index (χ3v) is 5.65. The molecule has 1 atom stereocenters. The van der Waals surface area contributed by atoms with Crippen LogP contribution in [0, 0.1) is 0 Å². The van der Waals surface area contributed by atoms with E-state index in [2.05, 4.69) is 10.6 Å². The Labute approximate surface area is 174 Å². The predicted molar refractivity (Wildman–Crippen MR) is 107 cm³/mol. The van der Waals surface area contributed by atoms with Crippen LogP contribution >= 0.6 is 11.8 Å².